The summed E-state index contributed by atoms with van der Waals surface area (Å²) in [7, 11) is 0. The van der Waals surface area contributed by atoms with Crippen LogP contribution in [0.5, 0.6) is 0 Å². The predicted molar refractivity (Wildman–Crippen MR) is 110 cm³/mol. The topological polar surface area (TPSA) is 38.9 Å². The standard InChI is InChI=1S/C19H18N2S3/c1-22-12-15(20)18-14(13-7-4-3-5-8-13)11-16(21-19(18)23-2)17-9-6-10-24-17/h3-12H,20H2,1-2H3/b15-12-. The van der Waals surface area contributed by atoms with Crippen LogP contribution in [0.3, 0.4) is 0 Å². The molecule has 2 aromatic heterocycles. The van der Waals surface area contributed by atoms with Gasteiger partial charge in [-0.3, -0.25) is 0 Å². The van der Waals surface area contributed by atoms with Crippen LogP contribution >= 0.6 is 34.9 Å². The molecule has 0 amide bonds. The van der Waals surface area contributed by atoms with Crippen molar-refractivity contribution in [1.29, 1.82) is 0 Å². The summed E-state index contributed by atoms with van der Waals surface area (Å²) in [5.74, 6) is 0. The highest BCUT2D eigenvalue weighted by molar-refractivity contribution is 8.01. The zero-order valence-corrected chi connectivity index (χ0v) is 16.0. The molecule has 0 unspecified atom stereocenters. The molecule has 0 aliphatic heterocycles. The van der Waals surface area contributed by atoms with E-state index in [2.05, 4.69) is 47.8 Å². The van der Waals surface area contributed by atoms with Gasteiger partial charge in [-0.25, -0.2) is 4.98 Å². The number of benzene rings is 1. The summed E-state index contributed by atoms with van der Waals surface area (Å²) in [6.45, 7) is 0. The van der Waals surface area contributed by atoms with Gasteiger partial charge in [-0.2, -0.15) is 0 Å². The molecule has 5 heteroatoms. The first-order valence-electron chi connectivity index (χ1n) is 7.41. The van der Waals surface area contributed by atoms with Crippen LogP contribution in [0.1, 0.15) is 5.56 Å². The summed E-state index contributed by atoms with van der Waals surface area (Å²) in [5.41, 5.74) is 11.4. The van der Waals surface area contributed by atoms with Crippen molar-refractivity contribution in [3.05, 3.63) is 64.9 Å². The van der Waals surface area contributed by atoms with Crippen LogP contribution in [0.2, 0.25) is 0 Å². The van der Waals surface area contributed by atoms with Gasteiger partial charge in [0.15, 0.2) is 0 Å². The van der Waals surface area contributed by atoms with Gasteiger partial charge in [-0.05, 0) is 46.6 Å². The van der Waals surface area contributed by atoms with Gasteiger partial charge in [0, 0.05) is 11.3 Å². The highest BCUT2D eigenvalue weighted by Crippen LogP contribution is 2.37. The van der Waals surface area contributed by atoms with Gasteiger partial charge in [0.2, 0.25) is 0 Å². The Balaban J connectivity index is 2.29. The maximum Gasteiger partial charge on any atom is 0.106 e. The number of nitrogens with zero attached hydrogens (tertiary/aromatic N) is 1. The Morgan fingerprint density at radius 2 is 1.92 bits per heavy atom. The van der Waals surface area contributed by atoms with E-state index in [4.69, 9.17) is 10.7 Å². The minimum absolute atomic E-state index is 0.760. The lowest BCUT2D eigenvalue weighted by Crippen LogP contribution is -2.03. The molecule has 3 aromatic rings. The van der Waals surface area contributed by atoms with Gasteiger partial charge in [0.05, 0.1) is 10.6 Å². The van der Waals surface area contributed by atoms with Crippen LogP contribution in [0, 0.1) is 0 Å². The number of aromatic nitrogens is 1. The molecule has 0 saturated carbocycles. The zero-order chi connectivity index (χ0) is 16.9. The van der Waals surface area contributed by atoms with E-state index in [1.54, 1.807) is 34.9 Å². The number of pyridine rings is 1. The second-order valence-corrected chi connectivity index (χ2v) is 7.54. The van der Waals surface area contributed by atoms with E-state index in [1.807, 2.05) is 24.0 Å². The number of nitrogens with two attached hydrogens (primary N) is 1. The predicted octanol–water partition coefficient (Wildman–Crippen LogP) is 5.82. The maximum atomic E-state index is 6.38. The third kappa shape index (κ3) is 3.53. The number of rotatable bonds is 5. The largest absolute Gasteiger partial charge is 0.398 e. The Labute approximate surface area is 155 Å². The molecule has 24 heavy (non-hydrogen) atoms. The molecule has 3 rings (SSSR count). The van der Waals surface area contributed by atoms with Gasteiger partial charge < -0.3 is 5.73 Å². The van der Waals surface area contributed by atoms with Gasteiger partial charge in [0.1, 0.15) is 5.03 Å². The summed E-state index contributed by atoms with van der Waals surface area (Å²) in [6, 6.07) is 16.7. The lowest BCUT2D eigenvalue weighted by Gasteiger charge is -2.15. The summed E-state index contributed by atoms with van der Waals surface area (Å²) in [5, 5.41) is 5.02. The van der Waals surface area contributed by atoms with Crippen molar-refractivity contribution in [2.75, 3.05) is 12.5 Å². The van der Waals surface area contributed by atoms with Gasteiger partial charge >= 0.3 is 0 Å². The molecule has 2 nitrogen and oxygen atoms in total. The third-order valence-corrected chi connectivity index (χ3v) is 5.64. The minimum atomic E-state index is 0.760. The van der Waals surface area contributed by atoms with Crippen LogP contribution in [-0.2, 0) is 0 Å². The molecule has 0 radical (unpaired) electrons. The van der Waals surface area contributed by atoms with E-state index in [-0.39, 0.29) is 0 Å². The first kappa shape index (κ1) is 17.1. The Kier molecular flexibility index (Phi) is 5.66. The van der Waals surface area contributed by atoms with Crippen LogP contribution in [0.15, 0.2) is 64.3 Å². The molecule has 0 saturated heterocycles. The fourth-order valence-corrected chi connectivity index (χ4v) is 4.21. The number of hydrogen-bond donors (Lipinski definition) is 1. The molecule has 2 heterocycles. The van der Waals surface area contributed by atoms with Crippen molar-refractivity contribution >= 4 is 40.6 Å². The van der Waals surface area contributed by atoms with Gasteiger partial charge in [-0.15, -0.1) is 34.9 Å². The van der Waals surface area contributed by atoms with Crippen LogP contribution < -0.4 is 5.73 Å². The lowest BCUT2D eigenvalue weighted by molar-refractivity contribution is 1.12. The van der Waals surface area contributed by atoms with E-state index in [0.717, 1.165) is 33.1 Å². The fourth-order valence-electron chi connectivity index (χ4n) is 2.53. The summed E-state index contributed by atoms with van der Waals surface area (Å²) < 4.78 is 0. The minimum Gasteiger partial charge on any atom is -0.398 e. The quantitative estimate of drug-likeness (QED) is 0.574. The monoisotopic (exact) mass is 370 g/mol. The SMILES string of the molecule is CS/C=C(\N)c1c(-c2ccccc2)cc(-c2cccs2)nc1SC. The first-order valence-corrected chi connectivity index (χ1v) is 10.8. The molecule has 0 aliphatic carbocycles. The Hall–Kier alpha value is -1.69. The highest BCUT2D eigenvalue weighted by Gasteiger charge is 2.17. The Morgan fingerprint density at radius 3 is 2.54 bits per heavy atom. The van der Waals surface area contributed by atoms with Crippen molar-refractivity contribution in [2.24, 2.45) is 5.73 Å². The molecule has 0 fully saturated rings. The second-order valence-electron chi connectivity index (χ2n) is 5.09. The maximum absolute atomic E-state index is 6.38. The van der Waals surface area contributed by atoms with Gasteiger partial charge in [0.25, 0.3) is 0 Å². The van der Waals surface area contributed by atoms with E-state index in [9.17, 15) is 0 Å². The van der Waals surface area contributed by atoms with E-state index in [1.165, 1.54) is 4.88 Å². The second kappa shape index (κ2) is 7.92. The summed E-state index contributed by atoms with van der Waals surface area (Å²) >= 11 is 4.94. The Morgan fingerprint density at radius 1 is 1.12 bits per heavy atom. The molecular weight excluding hydrogens is 352 g/mol. The van der Waals surface area contributed by atoms with Crippen LogP contribution in [0.4, 0.5) is 0 Å². The molecule has 0 bridgehead atoms. The first-order chi connectivity index (χ1) is 11.7. The average molecular weight is 371 g/mol. The molecule has 0 atom stereocenters. The molecular formula is C19H18N2S3. The van der Waals surface area contributed by atoms with Crippen molar-refractivity contribution in [3.63, 3.8) is 0 Å². The average Bonchev–Trinajstić information content (AvgIpc) is 3.16. The highest BCUT2D eigenvalue weighted by atomic mass is 32.2. The van der Waals surface area contributed by atoms with Crippen LogP contribution in [-0.4, -0.2) is 17.5 Å². The Bertz CT molecular complexity index is 841. The van der Waals surface area contributed by atoms with Crippen molar-refractivity contribution < 1.29 is 0 Å². The molecule has 2 N–H and O–H groups in total. The molecule has 122 valence electrons. The van der Waals surface area contributed by atoms with E-state index < -0.39 is 0 Å². The lowest BCUT2D eigenvalue weighted by atomic mass is 9.99. The van der Waals surface area contributed by atoms with E-state index >= 15 is 0 Å². The number of thioether (sulfide) groups is 2. The fraction of sp³-hybridized carbons (Fsp3) is 0.105. The number of thiophene rings is 1. The van der Waals surface area contributed by atoms with Crippen molar-refractivity contribution in [1.82, 2.24) is 4.98 Å². The molecule has 1 aromatic carbocycles. The third-order valence-electron chi connectivity index (χ3n) is 3.57. The molecule has 0 spiro atoms. The smallest absolute Gasteiger partial charge is 0.106 e. The normalized spacial score (nSPS) is 11.7. The zero-order valence-electron chi connectivity index (χ0n) is 13.5. The van der Waals surface area contributed by atoms with E-state index in [0.29, 0.717) is 0 Å². The molecule has 0 aliphatic rings. The van der Waals surface area contributed by atoms with Gasteiger partial charge in [-0.1, -0.05) is 36.4 Å². The van der Waals surface area contributed by atoms with Crippen molar-refractivity contribution in [2.45, 2.75) is 5.03 Å². The van der Waals surface area contributed by atoms with Crippen LogP contribution in [0.25, 0.3) is 27.4 Å². The number of hydrogen-bond acceptors (Lipinski definition) is 5. The summed E-state index contributed by atoms with van der Waals surface area (Å²) in [6.07, 6.45) is 4.06. The van der Waals surface area contributed by atoms with Crippen molar-refractivity contribution in [3.8, 4) is 21.7 Å². The summed E-state index contributed by atoms with van der Waals surface area (Å²) in [4.78, 5) is 6.03.